The largest absolute Gasteiger partial charge is 0.399 e. The summed E-state index contributed by atoms with van der Waals surface area (Å²) in [6, 6.07) is 6.45. The molecule has 106 valence electrons. The molecule has 0 saturated heterocycles. The molecule has 1 aromatic rings. The smallest absolute Gasteiger partial charge is 0.0316 e. The lowest BCUT2D eigenvalue weighted by Gasteiger charge is -2.29. The first-order valence-corrected chi connectivity index (χ1v) is 8.06. The summed E-state index contributed by atoms with van der Waals surface area (Å²) in [5, 5.41) is 0. The van der Waals surface area contributed by atoms with Crippen LogP contribution in [0.4, 0.5) is 5.69 Å². The van der Waals surface area contributed by atoms with Gasteiger partial charge >= 0.3 is 0 Å². The number of benzene rings is 1. The van der Waals surface area contributed by atoms with Gasteiger partial charge in [-0.25, -0.2) is 0 Å². The maximum absolute atomic E-state index is 5.85. The Bertz CT molecular complexity index is 389. The maximum Gasteiger partial charge on any atom is 0.0316 e. The van der Waals surface area contributed by atoms with Crippen molar-refractivity contribution < 1.29 is 0 Å². The van der Waals surface area contributed by atoms with Crippen molar-refractivity contribution in [2.75, 3.05) is 5.73 Å². The molecule has 1 nitrogen and oxygen atoms in total. The Hall–Kier alpha value is -0.980. The number of nitrogens with two attached hydrogens (primary N) is 1. The van der Waals surface area contributed by atoms with Gasteiger partial charge < -0.3 is 5.73 Å². The summed E-state index contributed by atoms with van der Waals surface area (Å²) in [6.45, 7) is 4.50. The third-order valence-corrected chi connectivity index (χ3v) is 4.80. The lowest BCUT2D eigenvalue weighted by molar-refractivity contribution is 0.302. The SMILES string of the molecule is CCCCC[C@H]1CC[C@H](c2ccc(N)cc2C)CC1. The molecule has 0 aromatic heterocycles. The van der Waals surface area contributed by atoms with Crippen LogP contribution < -0.4 is 5.73 Å². The van der Waals surface area contributed by atoms with E-state index in [2.05, 4.69) is 32.0 Å². The van der Waals surface area contributed by atoms with Crippen LogP contribution in [0, 0.1) is 12.8 Å². The molecule has 2 N–H and O–H groups in total. The van der Waals surface area contributed by atoms with E-state index < -0.39 is 0 Å². The first kappa shape index (κ1) is 14.4. The highest BCUT2D eigenvalue weighted by molar-refractivity contribution is 5.45. The third-order valence-electron chi connectivity index (χ3n) is 4.80. The molecule has 1 saturated carbocycles. The van der Waals surface area contributed by atoms with E-state index in [0.717, 1.165) is 17.5 Å². The molecule has 0 spiro atoms. The normalized spacial score (nSPS) is 23.5. The summed E-state index contributed by atoms with van der Waals surface area (Å²) in [6.07, 6.45) is 11.3. The fourth-order valence-electron chi connectivity index (χ4n) is 3.60. The zero-order valence-corrected chi connectivity index (χ0v) is 12.6. The second-order valence-electron chi connectivity index (χ2n) is 6.33. The van der Waals surface area contributed by atoms with Crippen molar-refractivity contribution in [1.82, 2.24) is 0 Å². The van der Waals surface area contributed by atoms with Crippen LogP contribution in [-0.4, -0.2) is 0 Å². The van der Waals surface area contributed by atoms with E-state index >= 15 is 0 Å². The van der Waals surface area contributed by atoms with Crippen LogP contribution in [0.1, 0.15) is 75.3 Å². The summed E-state index contributed by atoms with van der Waals surface area (Å²) < 4.78 is 0. The molecule has 0 amide bonds. The average molecular weight is 259 g/mol. The summed E-state index contributed by atoms with van der Waals surface area (Å²) in [5.41, 5.74) is 9.67. The molecule has 1 fully saturated rings. The Balaban J connectivity index is 1.85. The summed E-state index contributed by atoms with van der Waals surface area (Å²) in [4.78, 5) is 0. The quantitative estimate of drug-likeness (QED) is 0.553. The zero-order valence-electron chi connectivity index (χ0n) is 12.6. The highest BCUT2D eigenvalue weighted by Gasteiger charge is 2.22. The monoisotopic (exact) mass is 259 g/mol. The van der Waals surface area contributed by atoms with Crippen LogP contribution >= 0.6 is 0 Å². The Labute approximate surface area is 118 Å². The molecule has 1 aliphatic carbocycles. The predicted octanol–water partition coefficient (Wildman–Crippen LogP) is 5.43. The van der Waals surface area contributed by atoms with Gasteiger partial charge in [-0.3, -0.25) is 0 Å². The van der Waals surface area contributed by atoms with Gasteiger partial charge in [-0.05, 0) is 67.7 Å². The molecule has 1 aromatic carbocycles. The van der Waals surface area contributed by atoms with Crippen molar-refractivity contribution in [2.24, 2.45) is 5.92 Å². The Morgan fingerprint density at radius 2 is 1.84 bits per heavy atom. The van der Waals surface area contributed by atoms with E-state index in [4.69, 9.17) is 5.73 Å². The molecule has 2 rings (SSSR count). The topological polar surface area (TPSA) is 26.0 Å². The van der Waals surface area contributed by atoms with Gasteiger partial charge in [0.05, 0.1) is 0 Å². The van der Waals surface area contributed by atoms with Crippen molar-refractivity contribution in [3.63, 3.8) is 0 Å². The van der Waals surface area contributed by atoms with Crippen LogP contribution in [0.5, 0.6) is 0 Å². The van der Waals surface area contributed by atoms with E-state index in [1.807, 2.05) is 0 Å². The molecule has 1 heteroatoms. The van der Waals surface area contributed by atoms with Crippen molar-refractivity contribution in [1.29, 1.82) is 0 Å². The standard InChI is InChI=1S/C18H29N/c1-3-4-5-6-15-7-9-16(10-8-15)18-12-11-17(19)13-14(18)2/h11-13,15-16H,3-10,19H2,1-2H3/t15-,16-. The second-order valence-corrected chi connectivity index (χ2v) is 6.33. The highest BCUT2D eigenvalue weighted by atomic mass is 14.5. The van der Waals surface area contributed by atoms with Crippen LogP contribution in [0.25, 0.3) is 0 Å². The molecule has 1 aliphatic rings. The number of hydrogen-bond acceptors (Lipinski definition) is 1. The van der Waals surface area contributed by atoms with Crippen LogP contribution in [0.3, 0.4) is 0 Å². The number of nitrogen functional groups attached to an aromatic ring is 1. The Morgan fingerprint density at radius 1 is 1.11 bits per heavy atom. The summed E-state index contributed by atoms with van der Waals surface area (Å²) >= 11 is 0. The highest BCUT2D eigenvalue weighted by Crippen LogP contribution is 2.39. The maximum atomic E-state index is 5.85. The predicted molar refractivity (Wildman–Crippen MR) is 84.4 cm³/mol. The Kier molecular flexibility index (Phi) is 5.30. The first-order chi connectivity index (χ1) is 9.20. The van der Waals surface area contributed by atoms with Crippen LogP contribution in [-0.2, 0) is 0 Å². The van der Waals surface area contributed by atoms with Crippen LogP contribution in [0.15, 0.2) is 18.2 Å². The average Bonchev–Trinajstić information content (AvgIpc) is 2.40. The molecule has 0 unspecified atom stereocenters. The minimum atomic E-state index is 0.781. The fourth-order valence-corrected chi connectivity index (χ4v) is 3.60. The van der Waals surface area contributed by atoms with Gasteiger partial charge in [0.15, 0.2) is 0 Å². The number of anilines is 1. The van der Waals surface area contributed by atoms with Gasteiger partial charge in [0, 0.05) is 5.69 Å². The van der Waals surface area contributed by atoms with Crippen LogP contribution in [0.2, 0.25) is 0 Å². The van der Waals surface area contributed by atoms with Gasteiger partial charge in [-0.2, -0.15) is 0 Å². The molecule has 0 radical (unpaired) electrons. The molecule has 0 heterocycles. The van der Waals surface area contributed by atoms with E-state index in [9.17, 15) is 0 Å². The van der Waals surface area contributed by atoms with Crippen molar-refractivity contribution in [2.45, 2.75) is 71.1 Å². The van der Waals surface area contributed by atoms with E-state index in [1.165, 1.54) is 56.9 Å². The van der Waals surface area contributed by atoms with Gasteiger partial charge in [0.1, 0.15) is 0 Å². The first-order valence-electron chi connectivity index (χ1n) is 8.06. The van der Waals surface area contributed by atoms with E-state index in [-0.39, 0.29) is 0 Å². The lowest BCUT2D eigenvalue weighted by atomic mass is 9.76. The fraction of sp³-hybridized carbons (Fsp3) is 0.667. The Morgan fingerprint density at radius 3 is 2.47 bits per heavy atom. The van der Waals surface area contributed by atoms with Gasteiger partial charge in [-0.15, -0.1) is 0 Å². The van der Waals surface area contributed by atoms with Gasteiger partial charge in [0.25, 0.3) is 0 Å². The van der Waals surface area contributed by atoms with Crippen molar-refractivity contribution in [3.05, 3.63) is 29.3 Å². The van der Waals surface area contributed by atoms with Crippen molar-refractivity contribution >= 4 is 5.69 Å². The molecular formula is C18H29N. The molecule has 0 atom stereocenters. The number of unbranched alkanes of at least 4 members (excludes halogenated alkanes) is 2. The third kappa shape index (κ3) is 3.99. The van der Waals surface area contributed by atoms with Gasteiger partial charge in [-0.1, -0.05) is 38.7 Å². The lowest BCUT2D eigenvalue weighted by Crippen LogP contribution is -2.14. The minimum absolute atomic E-state index is 0.781. The number of rotatable bonds is 5. The number of aryl methyl sites for hydroxylation is 1. The van der Waals surface area contributed by atoms with Gasteiger partial charge in [0.2, 0.25) is 0 Å². The van der Waals surface area contributed by atoms with E-state index in [0.29, 0.717) is 0 Å². The molecule has 0 aliphatic heterocycles. The summed E-state index contributed by atoms with van der Waals surface area (Å²) in [5.74, 6) is 1.78. The second kappa shape index (κ2) is 6.98. The summed E-state index contributed by atoms with van der Waals surface area (Å²) in [7, 11) is 0. The van der Waals surface area contributed by atoms with E-state index in [1.54, 1.807) is 5.56 Å². The molecular weight excluding hydrogens is 230 g/mol. The number of hydrogen-bond donors (Lipinski definition) is 1. The van der Waals surface area contributed by atoms with Crippen molar-refractivity contribution in [3.8, 4) is 0 Å². The molecule has 0 bridgehead atoms. The zero-order chi connectivity index (χ0) is 13.7. The molecule has 19 heavy (non-hydrogen) atoms. The minimum Gasteiger partial charge on any atom is -0.399 e.